The maximum Gasteiger partial charge on any atom is 0.253 e. The van der Waals surface area contributed by atoms with Gasteiger partial charge in [0.2, 0.25) is 0 Å². The molecule has 1 atom stereocenters. The summed E-state index contributed by atoms with van der Waals surface area (Å²) in [5.41, 5.74) is 1.89. The number of benzene rings is 1. The minimum atomic E-state index is -0.308. The molecule has 6 nitrogen and oxygen atoms in total. The zero-order chi connectivity index (χ0) is 16.8. The van der Waals surface area contributed by atoms with E-state index in [1.807, 2.05) is 24.3 Å². The number of carbonyl (C=O) groups is 1. The van der Waals surface area contributed by atoms with Crippen molar-refractivity contribution in [2.24, 2.45) is 10.9 Å². The standard InChI is InChI=1S/C18H26N4O2/c1-19-18(20-11-13-7-8-13)21-12-14-4-2-5-15(10-14)22-17(23)16-6-3-9-24-16/h2,4-5,10,13,16H,3,6-9,11-12H2,1H3,(H,22,23)(H2,19,20,21). The molecule has 1 amide bonds. The van der Waals surface area contributed by atoms with Crippen LogP contribution in [0, 0.1) is 5.92 Å². The fraction of sp³-hybridized carbons (Fsp3) is 0.556. The first-order valence-electron chi connectivity index (χ1n) is 8.70. The van der Waals surface area contributed by atoms with Crippen LogP contribution in [0.3, 0.4) is 0 Å². The summed E-state index contributed by atoms with van der Waals surface area (Å²) < 4.78 is 5.41. The third kappa shape index (κ3) is 4.96. The van der Waals surface area contributed by atoms with Gasteiger partial charge in [-0.2, -0.15) is 0 Å². The van der Waals surface area contributed by atoms with Gasteiger partial charge in [-0.1, -0.05) is 12.1 Å². The number of ether oxygens (including phenoxy) is 1. The summed E-state index contributed by atoms with van der Waals surface area (Å²) in [6.45, 7) is 2.32. The normalized spacial score (nSPS) is 20.7. The Bertz CT molecular complexity index is 592. The summed E-state index contributed by atoms with van der Waals surface area (Å²) in [7, 11) is 1.78. The van der Waals surface area contributed by atoms with Gasteiger partial charge in [-0.05, 0) is 49.3 Å². The van der Waals surface area contributed by atoms with Crippen LogP contribution < -0.4 is 16.0 Å². The highest BCUT2D eigenvalue weighted by atomic mass is 16.5. The van der Waals surface area contributed by atoms with Crippen molar-refractivity contribution < 1.29 is 9.53 Å². The van der Waals surface area contributed by atoms with Crippen LogP contribution in [0.15, 0.2) is 29.3 Å². The lowest BCUT2D eigenvalue weighted by molar-refractivity contribution is -0.124. The highest BCUT2D eigenvalue weighted by Gasteiger charge is 2.23. The van der Waals surface area contributed by atoms with Gasteiger partial charge in [0.1, 0.15) is 6.10 Å². The lowest BCUT2D eigenvalue weighted by Gasteiger charge is -2.13. The van der Waals surface area contributed by atoms with Gasteiger partial charge in [0.15, 0.2) is 5.96 Å². The summed E-state index contributed by atoms with van der Waals surface area (Å²) in [6.07, 6.45) is 4.08. The fourth-order valence-corrected chi connectivity index (χ4v) is 2.74. The minimum absolute atomic E-state index is 0.0560. The molecular weight excluding hydrogens is 304 g/mol. The molecule has 0 aromatic heterocycles. The van der Waals surface area contributed by atoms with Gasteiger partial charge in [-0.3, -0.25) is 9.79 Å². The van der Waals surface area contributed by atoms with E-state index in [0.717, 1.165) is 42.5 Å². The van der Waals surface area contributed by atoms with Crippen molar-refractivity contribution >= 4 is 17.6 Å². The Balaban J connectivity index is 1.49. The summed E-state index contributed by atoms with van der Waals surface area (Å²) in [4.78, 5) is 16.3. The van der Waals surface area contributed by atoms with E-state index in [0.29, 0.717) is 13.2 Å². The smallest absolute Gasteiger partial charge is 0.253 e. The van der Waals surface area contributed by atoms with Crippen LogP contribution in [-0.2, 0) is 16.1 Å². The quantitative estimate of drug-likeness (QED) is 0.550. The number of amides is 1. The second kappa shape index (κ2) is 8.15. The summed E-state index contributed by atoms with van der Waals surface area (Å²) in [6, 6.07) is 7.86. The van der Waals surface area contributed by atoms with Gasteiger partial charge in [0.25, 0.3) is 5.91 Å². The van der Waals surface area contributed by atoms with Gasteiger partial charge in [-0.15, -0.1) is 0 Å². The van der Waals surface area contributed by atoms with E-state index in [4.69, 9.17) is 4.74 Å². The van der Waals surface area contributed by atoms with Crippen molar-refractivity contribution in [1.82, 2.24) is 10.6 Å². The van der Waals surface area contributed by atoms with Gasteiger partial charge in [-0.25, -0.2) is 0 Å². The number of nitrogens with zero attached hydrogens (tertiary/aromatic N) is 1. The first kappa shape index (κ1) is 16.8. The van der Waals surface area contributed by atoms with Crippen molar-refractivity contribution in [3.05, 3.63) is 29.8 Å². The van der Waals surface area contributed by atoms with Crippen molar-refractivity contribution in [1.29, 1.82) is 0 Å². The van der Waals surface area contributed by atoms with Gasteiger partial charge >= 0.3 is 0 Å². The minimum Gasteiger partial charge on any atom is -0.368 e. The predicted octanol–water partition coefficient (Wildman–Crippen LogP) is 1.88. The van der Waals surface area contributed by atoms with E-state index in [1.54, 1.807) is 7.05 Å². The number of carbonyl (C=O) groups excluding carboxylic acids is 1. The number of anilines is 1. The maximum absolute atomic E-state index is 12.1. The molecule has 3 N–H and O–H groups in total. The second-order valence-corrected chi connectivity index (χ2v) is 6.44. The van der Waals surface area contributed by atoms with E-state index in [-0.39, 0.29) is 12.0 Å². The fourth-order valence-electron chi connectivity index (χ4n) is 2.74. The average Bonchev–Trinajstić information content (AvgIpc) is 3.25. The summed E-state index contributed by atoms with van der Waals surface area (Å²) in [5, 5.41) is 9.58. The molecule has 1 saturated heterocycles. The topological polar surface area (TPSA) is 74.8 Å². The van der Waals surface area contributed by atoms with Crippen LogP contribution in [0.5, 0.6) is 0 Å². The maximum atomic E-state index is 12.1. The van der Waals surface area contributed by atoms with E-state index in [9.17, 15) is 4.79 Å². The van der Waals surface area contributed by atoms with Crippen LogP contribution in [0.4, 0.5) is 5.69 Å². The molecule has 2 aliphatic rings. The molecule has 24 heavy (non-hydrogen) atoms. The zero-order valence-electron chi connectivity index (χ0n) is 14.2. The highest BCUT2D eigenvalue weighted by molar-refractivity contribution is 5.94. The van der Waals surface area contributed by atoms with Crippen LogP contribution in [0.2, 0.25) is 0 Å². The van der Waals surface area contributed by atoms with Crippen LogP contribution in [-0.4, -0.2) is 38.2 Å². The molecule has 130 valence electrons. The van der Waals surface area contributed by atoms with Crippen LogP contribution >= 0.6 is 0 Å². The van der Waals surface area contributed by atoms with Crippen molar-refractivity contribution in [3.8, 4) is 0 Å². The Kier molecular flexibility index (Phi) is 5.69. The summed E-state index contributed by atoms with van der Waals surface area (Å²) in [5.74, 6) is 1.56. The lowest BCUT2D eigenvalue weighted by Crippen LogP contribution is -2.37. The zero-order valence-corrected chi connectivity index (χ0v) is 14.2. The van der Waals surface area contributed by atoms with Crippen LogP contribution in [0.1, 0.15) is 31.2 Å². The lowest BCUT2D eigenvalue weighted by atomic mass is 10.2. The molecule has 1 unspecified atom stereocenters. The van der Waals surface area contributed by atoms with E-state index in [2.05, 4.69) is 20.9 Å². The van der Waals surface area contributed by atoms with Crippen molar-refractivity contribution in [3.63, 3.8) is 0 Å². The van der Waals surface area contributed by atoms with E-state index >= 15 is 0 Å². The number of rotatable bonds is 6. The first-order chi connectivity index (χ1) is 11.7. The van der Waals surface area contributed by atoms with Crippen molar-refractivity contribution in [2.45, 2.75) is 38.3 Å². The number of aliphatic imine (C=N–C) groups is 1. The summed E-state index contributed by atoms with van der Waals surface area (Å²) >= 11 is 0. The molecule has 1 saturated carbocycles. The van der Waals surface area contributed by atoms with Crippen molar-refractivity contribution in [2.75, 3.05) is 25.5 Å². The molecule has 1 aromatic carbocycles. The number of guanidine groups is 1. The van der Waals surface area contributed by atoms with Gasteiger partial charge in [0.05, 0.1) is 0 Å². The third-order valence-electron chi connectivity index (χ3n) is 4.36. The number of hydrogen-bond donors (Lipinski definition) is 3. The molecule has 0 radical (unpaired) electrons. The van der Waals surface area contributed by atoms with Gasteiger partial charge < -0.3 is 20.7 Å². The Hall–Kier alpha value is -2.08. The molecular formula is C18H26N4O2. The first-order valence-corrected chi connectivity index (χ1v) is 8.70. The molecule has 3 rings (SSSR count). The SMILES string of the molecule is CN=C(NCc1cccc(NC(=O)C2CCCO2)c1)NCC1CC1. The van der Waals surface area contributed by atoms with E-state index < -0.39 is 0 Å². The predicted molar refractivity (Wildman–Crippen MR) is 95.0 cm³/mol. The molecule has 1 aliphatic carbocycles. The van der Waals surface area contributed by atoms with Gasteiger partial charge in [0, 0.05) is 32.4 Å². The Morgan fingerprint density at radius 2 is 2.17 bits per heavy atom. The Morgan fingerprint density at radius 3 is 2.88 bits per heavy atom. The molecule has 1 heterocycles. The molecule has 2 fully saturated rings. The number of hydrogen-bond acceptors (Lipinski definition) is 3. The third-order valence-corrected chi connectivity index (χ3v) is 4.36. The Labute approximate surface area is 143 Å². The van der Waals surface area contributed by atoms with E-state index in [1.165, 1.54) is 12.8 Å². The monoisotopic (exact) mass is 330 g/mol. The number of nitrogens with one attached hydrogen (secondary N) is 3. The highest BCUT2D eigenvalue weighted by Crippen LogP contribution is 2.27. The largest absolute Gasteiger partial charge is 0.368 e. The van der Waals surface area contributed by atoms with Crippen LogP contribution in [0.25, 0.3) is 0 Å². The second-order valence-electron chi connectivity index (χ2n) is 6.44. The molecule has 6 heteroatoms. The molecule has 0 bridgehead atoms. The molecule has 1 aromatic rings. The average molecular weight is 330 g/mol. The molecule has 0 spiro atoms. The molecule has 1 aliphatic heterocycles. The Morgan fingerprint density at radius 1 is 1.29 bits per heavy atom.